The van der Waals surface area contributed by atoms with E-state index in [2.05, 4.69) is 44.9 Å². The van der Waals surface area contributed by atoms with Crippen LogP contribution in [0.4, 0.5) is 0 Å². The number of pyridine rings is 1. The molecular formula is C23H26BrClN2O. The highest BCUT2D eigenvalue weighted by Crippen LogP contribution is 2.35. The molecule has 1 saturated heterocycles. The predicted octanol–water partition coefficient (Wildman–Crippen LogP) is 6.20. The van der Waals surface area contributed by atoms with Crippen LogP contribution in [0, 0.1) is 12.8 Å². The Morgan fingerprint density at radius 1 is 1.25 bits per heavy atom. The molecule has 0 N–H and O–H groups in total. The molecule has 2 heterocycles. The van der Waals surface area contributed by atoms with Gasteiger partial charge in [-0.2, -0.15) is 0 Å². The van der Waals surface area contributed by atoms with Gasteiger partial charge in [-0.25, -0.2) is 0 Å². The molecule has 1 amide bonds. The van der Waals surface area contributed by atoms with Gasteiger partial charge < -0.3 is 4.90 Å². The molecule has 2 atom stereocenters. The van der Waals surface area contributed by atoms with Crippen LogP contribution >= 0.6 is 27.5 Å². The van der Waals surface area contributed by atoms with Crippen molar-refractivity contribution < 1.29 is 4.79 Å². The first kappa shape index (κ1) is 19.9. The van der Waals surface area contributed by atoms with Crippen molar-refractivity contribution in [3.05, 3.63) is 51.1 Å². The van der Waals surface area contributed by atoms with E-state index in [-0.39, 0.29) is 0 Å². The summed E-state index contributed by atoms with van der Waals surface area (Å²) in [5.41, 5.74) is 4.33. The molecule has 0 radical (unpaired) electrons. The summed E-state index contributed by atoms with van der Waals surface area (Å²) in [6.45, 7) is 3.01. The molecule has 2 aliphatic rings. The van der Waals surface area contributed by atoms with E-state index < -0.39 is 0 Å². The summed E-state index contributed by atoms with van der Waals surface area (Å²) >= 11 is 10.3. The monoisotopic (exact) mass is 460 g/mol. The van der Waals surface area contributed by atoms with Gasteiger partial charge in [0.05, 0.1) is 5.69 Å². The molecule has 28 heavy (non-hydrogen) atoms. The third-order valence-electron chi connectivity index (χ3n) is 6.22. The average Bonchev–Trinajstić information content (AvgIpc) is 3.12. The number of benzene rings is 1. The number of aromatic nitrogens is 1. The van der Waals surface area contributed by atoms with E-state index >= 15 is 0 Å². The van der Waals surface area contributed by atoms with Gasteiger partial charge in [0.25, 0.3) is 0 Å². The first-order valence-corrected chi connectivity index (χ1v) is 11.4. The molecule has 4 rings (SSSR count). The number of aryl methyl sites for hydroxylation is 1. The van der Waals surface area contributed by atoms with Crippen molar-refractivity contribution in [3.8, 4) is 11.3 Å². The zero-order valence-corrected chi connectivity index (χ0v) is 18.6. The molecule has 5 heteroatoms. The number of halogens is 2. The highest BCUT2D eigenvalue weighted by molar-refractivity contribution is 9.10. The smallest absolute Gasteiger partial charge is 0.222 e. The number of hydrogen-bond acceptors (Lipinski definition) is 2. The maximum Gasteiger partial charge on any atom is 0.222 e. The van der Waals surface area contributed by atoms with E-state index in [4.69, 9.17) is 11.6 Å². The Morgan fingerprint density at radius 3 is 2.86 bits per heavy atom. The molecule has 2 aromatic rings. The van der Waals surface area contributed by atoms with Gasteiger partial charge in [0.1, 0.15) is 0 Å². The van der Waals surface area contributed by atoms with Crippen molar-refractivity contribution in [3.63, 3.8) is 0 Å². The largest absolute Gasteiger partial charge is 0.340 e. The second kappa shape index (κ2) is 8.54. The van der Waals surface area contributed by atoms with E-state index in [9.17, 15) is 4.79 Å². The fourth-order valence-corrected chi connectivity index (χ4v) is 5.42. The minimum absolute atomic E-state index is 0.351. The fraction of sp³-hybridized carbons (Fsp3) is 0.478. The van der Waals surface area contributed by atoms with Crippen LogP contribution in [-0.2, 0) is 11.2 Å². The molecular weight excluding hydrogens is 436 g/mol. The second-order valence-corrected chi connectivity index (χ2v) is 9.38. The Bertz CT molecular complexity index is 885. The first-order valence-electron chi connectivity index (χ1n) is 10.2. The quantitative estimate of drug-likeness (QED) is 0.543. The third kappa shape index (κ3) is 4.13. The van der Waals surface area contributed by atoms with E-state index in [1.54, 1.807) is 0 Å². The molecule has 1 aromatic heterocycles. The van der Waals surface area contributed by atoms with E-state index in [1.165, 1.54) is 18.4 Å². The number of carbonyl (C=O) groups excluding carboxylic acids is 1. The Kier molecular flexibility index (Phi) is 6.07. The number of likely N-dealkylation sites (tertiary alicyclic amines) is 1. The molecule has 2 unspecified atom stereocenters. The zero-order valence-electron chi connectivity index (χ0n) is 16.3. The number of nitrogens with zero attached hydrogens (tertiary/aromatic N) is 2. The standard InChI is InChI=1S/C23H26BrClN2O/c1-15-9-10-26-23(22(15)24)18-8-7-17(20(25)14-18)12-16-4-2-5-19(13-16)27-11-3-6-21(27)28/h7-10,14,16,19H,2-6,11-13H2,1H3. The van der Waals surface area contributed by atoms with Crippen molar-refractivity contribution in [2.45, 2.75) is 57.9 Å². The van der Waals surface area contributed by atoms with Gasteiger partial charge in [0.2, 0.25) is 5.91 Å². The van der Waals surface area contributed by atoms with Gasteiger partial charge >= 0.3 is 0 Å². The van der Waals surface area contributed by atoms with Crippen LogP contribution in [0.25, 0.3) is 11.3 Å². The number of rotatable bonds is 4. The highest BCUT2D eigenvalue weighted by Gasteiger charge is 2.32. The van der Waals surface area contributed by atoms with Crippen LogP contribution in [-0.4, -0.2) is 28.4 Å². The normalized spacial score (nSPS) is 22.7. The first-order chi connectivity index (χ1) is 13.5. The molecule has 3 nitrogen and oxygen atoms in total. The van der Waals surface area contributed by atoms with Crippen LogP contribution in [0.3, 0.4) is 0 Å². The lowest BCUT2D eigenvalue weighted by Crippen LogP contribution is -2.39. The summed E-state index contributed by atoms with van der Waals surface area (Å²) in [5.74, 6) is 0.948. The molecule has 148 valence electrons. The van der Waals surface area contributed by atoms with E-state index in [1.807, 2.05) is 18.3 Å². The Hall–Kier alpha value is -1.39. The summed E-state index contributed by atoms with van der Waals surface area (Å²) in [5, 5.41) is 0.812. The van der Waals surface area contributed by atoms with Crippen molar-refractivity contribution in [2.75, 3.05) is 6.54 Å². The Balaban J connectivity index is 1.48. The predicted molar refractivity (Wildman–Crippen MR) is 118 cm³/mol. The van der Waals surface area contributed by atoms with Gasteiger partial charge in [-0.15, -0.1) is 0 Å². The van der Waals surface area contributed by atoms with Gasteiger partial charge in [-0.05, 0) is 84.1 Å². The lowest BCUT2D eigenvalue weighted by Gasteiger charge is -2.35. The summed E-state index contributed by atoms with van der Waals surface area (Å²) in [6, 6.07) is 8.73. The molecule has 1 aliphatic heterocycles. The van der Waals surface area contributed by atoms with Gasteiger partial charge in [-0.1, -0.05) is 30.2 Å². The Labute approximate surface area is 180 Å². The molecule has 2 fully saturated rings. The minimum Gasteiger partial charge on any atom is -0.340 e. The van der Waals surface area contributed by atoms with Crippen molar-refractivity contribution in [1.82, 2.24) is 9.88 Å². The summed E-state index contributed by atoms with van der Waals surface area (Å²) < 4.78 is 1.02. The number of hydrogen-bond donors (Lipinski definition) is 0. The van der Waals surface area contributed by atoms with Crippen LogP contribution in [0.5, 0.6) is 0 Å². The van der Waals surface area contributed by atoms with Crippen molar-refractivity contribution in [1.29, 1.82) is 0 Å². The van der Waals surface area contributed by atoms with Crippen LogP contribution < -0.4 is 0 Å². The molecule has 0 spiro atoms. The number of amides is 1. The maximum atomic E-state index is 12.1. The van der Waals surface area contributed by atoms with E-state index in [0.29, 0.717) is 17.9 Å². The lowest BCUT2D eigenvalue weighted by atomic mass is 9.81. The van der Waals surface area contributed by atoms with Crippen LogP contribution in [0.2, 0.25) is 5.02 Å². The van der Waals surface area contributed by atoms with Gasteiger partial charge in [-0.3, -0.25) is 9.78 Å². The average molecular weight is 462 g/mol. The molecule has 1 aliphatic carbocycles. The van der Waals surface area contributed by atoms with Gasteiger partial charge in [0.15, 0.2) is 0 Å². The highest BCUT2D eigenvalue weighted by atomic mass is 79.9. The molecule has 1 saturated carbocycles. The fourth-order valence-electron chi connectivity index (χ4n) is 4.70. The zero-order chi connectivity index (χ0) is 19.7. The SMILES string of the molecule is Cc1ccnc(-c2ccc(CC3CCCC(N4CCCC4=O)C3)c(Cl)c2)c1Br. The lowest BCUT2D eigenvalue weighted by molar-refractivity contribution is -0.130. The van der Waals surface area contributed by atoms with Crippen molar-refractivity contribution in [2.24, 2.45) is 5.92 Å². The van der Waals surface area contributed by atoms with Crippen LogP contribution in [0.15, 0.2) is 34.9 Å². The van der Waals surface area contributed by atoms with E-state index in [0.717, 1.165) is 65.0 Å². The van der Waals surface area contributed by atoms with Crippen LogP contribution in [0.1, 0.15) is 49.7 Å². The topological polar surface area (TPSA) is 33.2 Å². The maximum absolute atomic E-state index is 12.1. The van der Waals surface area contributed by atoms with Gasteiger partial charge in [0, 0.05) is 40.3 Å². The second-order valence-electron chi connectivity index (χ2n) is 8.18. The molecule has 1 aromatic carbocycles. The number of carbonyl (C=O) groups is 1. The summed E-state index contributed by atoms with van der Waals surface area (Å²) in [6.07, 6.45) is 9.26. The Morgan fingerprint density at radius 2 is 2.11 bits per heavy atom. The summed E-state index contributed by atoms with van der Waals surface area (Å²) in [7, 11) is 0. The van der Waals surface area contributed by atoms with Crippen molar-refractivity contribution >= 4 is 33.4 Å². The minimum atomic E-state index is 0.351. The summed E-state index contributed by atoms with van der Waals surface area (Å²) in [4.78, 5) is 18.8. The third-order valence-corrected chi connectivity index (χ3v) is 7.58. The molecule has 0 bridgehead atoms.